The van der Waals surface area contributed by atoms with E-state index in [0.29, 0.717) is 11.7 Å². The lowest BCUT2D eigenvalue weighted by Gasteiger charge is -2.07. The molecule has 0 amide bonds. The molecule has 0 aliphatic rings. The zero-order chi connectivity index (χ0) is 13.9. The van der Waals surface area contributed by atoms with Crippen LogP contribution in [0.4, 0.5) is 0 Å². The topological polar surface area (TPSA) is 47.0 Å². The van der Waals surface area contributed by atoms with Crippen LogP contribution in [-0.4, -0.2) is 17.2 Å². The van der Waals surface area contributed by atoms with Crippen LogP contribution in [0, 0.1) is 0 Å². The Bertz CT molecular complexity index is 744. The lowest BCUT2D eigenvalue weighted by Crippen LogP contribution is -2.04. The summed E-state index contributed by atoms with van der Waals surface area (Å²) in [6.45, 7) is 0.694. The molecule has 0 aliphatic heterocycles. The number of hydrogen-bond acceptors (Lipinski definition) is 5. The number of benzene rings is 2. The molecule has 1 aromatic heterocycles. The Labute approximate surface area is 128 Å². The van der Waals surface area contributed by atoms with E-state index in [9.17, 15) is 0 Å². The van der Waals surface area contributed by atoms with Crippen LogP contribution >= 0.6 is 27.3 Å². The van der Waals surface area contributed by atoms with E-state index < -0.39 is 0 Å². The molecule has 0 atom stereocenters. The summed E-state index contributed by atoms with van der Waals surface area (Å²) in [7, 11) is 1.88. The van der Waals surface area contributed by atoms with E-state index in [2.05, 4.69) is 43.6 Å². The summed E-state index contributed by atoms with van der Waals surface area (Å²) >= 11 is 5.03. The largest absolute Gasteiger partial charge is 0.429 e. The van der Waals surface area contributed by atoms with Crippen LogP contribution in [0.2, 0.25) is 0 Å². The molecule has 0 spiro atoms. The minimum absolute atomic E-state index is 0.547. The van der Waals surface area contributed by atoms with Gasteiger partial charge in [-0.2, -0.15) is 0 Å². The van der Waals surface area contributed by atoms with Gasteiger partial charge in [0.2, 0.25) is 0 Å². The highest BCUT2D eigenvalue weighted by Crippen LogP contribution is 2.36. The van der Waals surface area contributed by atoms with Crippen molar-refractivity contribution in [1.82, 2.24) is 15.5 Å². The van der Waals surface area contributed by atoms with Crippen LogP contribution in [0.25, 0.3) is 10.8 Å². The van der Waals surface area contributed by atoms with E-state index in [0.717, 1.165) is 20.6 Å². The molecule has 1 heterocycles. The SMILES string of the molecule is CNCc1nnc(Oc2ccc3ccccc3c2Br)s1. The van der Waals surface area contributed by atoms with E-state index in [4.69, 9.17) is 4.74 Å². The minimum atomic E-state index is 0.547. The van der Waals surface area contributed by atoms with E-state index >= 15 is 0 Å². The Morgan fingerprint density at radius 1 is 1.20 bits per heavy atom. The summed E-state index contributed by atoms with van der Waals surface area (Å²) in [4.78, 5) is 0. The van der Waals surface area contributed by atoms with Crippen molar-refractivity contribution in [3.05, 3.63) is 45.9 Å². The van der Waals surface area contributed by atoms with Crippen molar-refractivity contribution in [1.29, 1.82) is 0 Å². The van der Waals surface area contributed by atoms with Gasteiger partial charge in [-0.1, -0.05) is 46.8 Å². The number of halogens is 1. The molecular weight excluding hydrogens is 338 g/mol. The molecule has 0 aliphatic carbocycles. The van der Waals surface area contributed by atoms with Crippen molar-refractivity contribution >= 4 is 38.0 Å². The normalized spacial score (nSPS) is 10.9. The predicted molar refractivity (Wildman–Crippen MR) is 84.4 cm³/mol. The fraction of sp³-hybridized carbons (Fsp3) is 0.143. The first-order valence-corrected chi connectivity index (χ1v) is 7.71. The van der Waals surface area contributed by atoms with E-state index in [-0.39, 0.29) is 0 Å². The van der Waals surface area contributed by atoms with Crippen LogP contribution in [0.1, 0.15) is 5.01 Å². The lowest BCUT2D eigenvalue weighted by atomic mass is 10.1. The lowest BCUT2D eigenvalue weighted by molar-refractivity contribution is 0.471. The smallest absolute Gasteiger partial charge is 0.299 e. The quantitative estimate of drug-likeness (QED) is 0.774. The molecule has 1 N–H and O–H groups in total. The van der Waals surface area contributed by atoms with Gasteiger partial charge in [0.05, 0.1) is 4.47 Å². The van der Waals surface area contributed by atoms with Crippen molar-refractivity contribution in [2.45, 2.75) is 6.54 Å². The highest BCUT2D eigenvalue weighted by Gasteiger charge is 2.10. The van der Waals surface area contributed by atoms with Crippen LogP contribution in [-0.2, 0) is 6.54 Å². The minimum Gasteiger partial charge on any atom is -0.429 e. The van der Waals surface area contributed by atoms with Gasteiger partial charge in [0.15, 0.2) is 0 Å². The summed E-state index contributed by atoms with van der Waals surface area (Å²) in [6, 6.07) is 12.1. The van der Waals surface area contributed by atoms with Gasteiger partial charge in [-0.25, -0.2) is 0 Å². The van der Waals surface area contributed by atoms with E-state index in [1.165, 1.54) is 16.7 Å². The first-order valence-electron chi connectivity index (χ1n) is 6.10. The molecule has 0 fully saturated rings. The number of aromatic nitrogens is 2. The summed E-state index contributed by atoms with van der Waals surface area (Å²) in [6.07, 6.45) is 0. The highest BCUT2D eigenvalue weighted by atomic mass is 79.9. The number of nitrogens with zero attached hydrogens (tertiary/aromatic N) is 2. The van der Waals surface area contributed by atoms with Gasteiger partial charge >= 0.3 is 0 Å². The zero-order valence-corrected chi connectivity index (χ0v) is 13.2. The fourth-order valence-electron chi connectivity index (χ4n) is 1.89. The van der Waals surface area contributed by atoms with Crippen molar-refractivity contribution in [2.24, 2.45) is 0 Å². The van der Waals surface area contributed by atoms with Crippen LogP contribution in [0.3, 0.4) is 0 Å². The molecule has 2 aromatic carbocycles. The second-order valence-electron chi connectivity index (χ2n) is 4.19. The summed E-state index contributed by atoms with van der Waals surface area (Å²) in [5, 5.41) is 14.9. The summed E-state index contributed by atoms with van der Waals surface area (Å²) < 4.78 is 6.75. The molecule has 6 heteroatoms. The maximum absolute atomic E-state index is 5.81. The third kappa shape index (κ3) is 2.67. The fourth-order valence-corrected chi connectivity index (χ4v) is 3.18. The summed E-state index contributed by atoms with van der Waals surface area (Å²) in [5.41, 5.74) is 0. The molecule has 0 saturated heterocycles. The number of fused-ring (bicyclic) bond motifs is 1. The first kappa shape index (κ1) is 13.5. The Morgan fingerprint density at radius 2 is 2.05 bits per heavy atom. The third-order valence-corrected chi connectivity index (χ3v) is 4.42. The predicted octanol–water partition coefficient (Wildman–Crippen LogP) is 3.97. The Morgan fingerprint density at radius 3 is 2.90 bits per heavy atom. The van der Waals surface area contributed by atoms with Crippen molar-refractivity contribution in [3.63, 3.8) is 0 Å². The van der Waals surface area contributed by atoms with Gasteiger partial charge < -0.3 is 10.1 Å². The van der Waals surface area contributed by atoms with Gasteiger partial charge in [-0.3, -0.25) is 0 Å². The standard InChI is InChI=1S/C14H12BrN3OS/c1-16-8-12-17-18-14(20-12)19-11-7-6-9-4-2-3-5-10(9)13(11)15/h2-7,16H,8H2,1H3. The number of hydrogen-bond donors (Lipinski definition) is 1. The molecule has 3 rings (SSSR count). The van der Waals surface area contributed by atoms with Crippen molar-refractivity contribution in [2.75, 3.05) is 7.05 Å². The average Bonchev–Trinajstić information content (AvgIpc) is 2.90. The molecule has 4 nitrogen and oxygen atoms in total. The molecule has 0 bridgehead atoms. The number of nitrogens with one attached hydrogen (secondary N) is 1. The highest BCUT2D eigenvalue weighted by molar-refractivity contribution is 9.10. The van der Waals surface area contributed by atoms with Gasteiger partial charge in [0.1, 0.15) is 10.8 Å². The molecule has 102 valence electrons. The van der Waals surface area contributed by atoms with Crippen LogP contribution in [0.5, 0.6) is 10.9 Å². The molecule has 3 aromatic rings. The van der Waals surface area contributed by atoms with Gasteiger partial charge in [0, 0.05) is 6.54 Å². The molecular formula is C14H12BrN3OS. The Balaban J connectivity index is 1.91. The Hall–Kier alpha value is -1.50. The molecule has 20 heavy (non-hydrogen) atoms. The molecule has 0 radical (unpaired) electrons. The van der Waals surface area contributed by atoms with Gasteiger partial charge in [-0.15, -0.1) is 5.10 Å². The van der Waals surface area contributed by atoms with Gasteiger partial charge in [0.25, 0.3) is 5.19 Å². The molecule has 0 unspecified atom stereocenters. The third-order valence-electron chi connectivity index (χ3n) is 2.80. The first-order chi connectivity index (χ1) is 9.78. The van der Waals surface area contributed by atoms with Crippen molar-refractivity contribution < 1.29 is 4.74 Å². The second-order valence-corrected chi connectivity index (χ2v) is 6.01. The van der Waals surface area contributed by atoms with Crippen LogP contribution in [0.15, 0.2) is 40.9 Å². The monoisotopic (exact) mass is 349 g/mol. The van der Waals surface area contributed by atoms with Gasteiger partial charge in [-0.05, 0) is 39.8 Å². The number of rotatable bonds is 4. The van der Waals surface area contributed by atoms with E-state index in [1.54, 1.807) is 0 Å². The molecule has 0 saturated carbocycles. The zero-order valence-electron chi connectivity index (χ0n) is 10.8. The van der Waals surface area contributed by atoms with E-state index in [1.807, 2.05) is 31.3 Å². The number of ether oxygens (including phenoxy) is 1. The average molecular weight is 350 g/mol. The Kier molecular flexibility index (Phi) is 3.95. The van der Waals surface area contributed by atoms with Crippen LogP contribution < -0.4 is 10.1 Å². The van der Waals surface area contributed by atoms with Crippen molar-refractivity contribution in [3.8, 4) is 10.9 Å². The maximum Gasteiger partial charge on any atom is 0.299 e. The maximum atomic E-state index is 5.81. The summed E-state index contributed by atoms with van der Waals surface area (Å²) in [5.74, 6) is 0.746. The second kappa shape index (κ2) is 5.87.